The van der Waals surface area contributed by atoms with E-state index in [2.05, 4.69) is 20.7 Å². The first-order chi connectivity index (χ1) is 15.6. The van der Waals surface area contributed by atoms with Crippen molar-refractivity contribution >= 4 is 23.2 Å². The molecule has 1 unspecified atom stereocenters. The average molecular weight is 470 g/mol. The van der Waals surface area contributed by atoms with Crippen LogP contribution in [-0.2, 0) is 0 Å². The molecule has 13 heteroatoms. The number of carbonyl (C=O) groups is 1. The molecule has 3 atom stereocenters. The van der Waals surface area contributed by atoms with Crippen molar-refractivity contribution < 1.29 is 31.1 Å². The second kappa shape index (κ2) is 7.52. The van der Waals surface area contributed by atoms with Crippen molar-refractivity contribution in [3.05, 3.63) is 53.6 Å². The van der Waals surface area contributed by atoms with Crippen molar-refractivity contribution in [2.24, 2.45) is 0 Å². The molecule has 2 amide bonds. The van der Waals surface area contributed by atoms with Crippen LogP contribution in [0.4, 0.5) is 42.6 Å². The SMILES string of the molecule is O=C(Nc1c(F)nn2ccc(N3CC(F)(F)CC3c3cc(F)ccc3F)nc12)N[C@H]1C[C@H]1F. The third-order valence-electron chi connectivity index (χ3n) is 5.58. The molecule has 2 aliphatic rings. The van der Waals surface area contributed by atoms with Gasteiger partial charge in [0.25, 0.3) is 11.9 Å². The Balaban J connectivity index is 1.50. The van der Waals surface area contributed by atoms with E-state index in [1.807, 2.05) is 0 Å². The number of benzene rings is 1. The van der Waals surface area contributed by atoms with E-state index in [-0.39, 0.29) is 23.4 Å². The van der Waals surface area contributed by atoms with Gasteiger partial charge in [-0.1, -0.05) is 0 Å². The number of aromatic nitrogens is 3. The number of nitrogens with one attached hydrogen (secondary N) is 2. The van der Waals surface area contributed by atoms with E-state index in [0.29, 0.717) is 0 Å². The molecule has 0 bridgehead atoms. The molecular formula is C20H16F6N6O. The lowest BCUT2D eigenvalue weighted by Crippen LogP contribution is -2.32. The molecule has 33 heavy (non-hydrogen) atoms. The molecule has 3 heterocycles. The lowest BCUT2D eigenvalue weighted by atomic mass is 10.0. The van der Waals surface area contributed by atoms with Gasteiger partial charge in [-0.15, -0.1) is 5.10 Å². The Hall–Kier alpha value is -3.51. The van der Waals surface area contributed by atoms with Gasteiger partial charge in [0, 0.05) is 24.6 Å². The minimum Gasteiger partial charge on any atom is -0.343 e. The highest BCUT2D eigenvalue weighted by Crippen LogP contribution is 2.44. The van der Waals surface area contributed by atoms with Gasteiger partial charge in [-0.25, -0.2) is 36.2 Å². The van der Waals surface area contributed by atoms with Crippen LogP contribution in [-0.4, -0.2) is 45.3 Å². The van der Waals surface area contributed by atoms with Crippen LogP contribution in [0, 0.1) is 17.6 Å². The van der Waals surface area contributed by atoms with E-state index in [4.69, 9.17) is 0 Å². The second-order valence-corrected chi connectivity index (χ2v) is 8.05. The van der Waals surface area contributed by atoms with Crippen LogP contribution in [0.3, 0.4) is 0 Å². The van der Waals surface area contributed by atoms with E-state index in [9.17, 15) is 31.1 Å². The third-order valence-corrected chi connectivity index (χ3v) is 5.58. The summed E-state index contributed by atoms with van der Waals surface area (Å²) in [5.41, 5.74) is -0.914. The van der Waals surface area contributed by atoms with Crippen molar-refractivity contribution in [1.82, 2.24) is 19.9 Å². The van der Waals surface area contributed by atoms with Gasteiger partial charge in [0.15, 0.2) is 5.65 Å². The number of halogens is 6. The van der Waals surface area contributed by atoms with E-state index >= 15 is 0 Å². The molecule has 1 saturated carbocycles. The molecule has 3 aromatic rings. The Kier molecular flexibility index (Phi) is 4.87. The summed E-state index contributed by atoms with van der Waals surface area (Å²) in [5.74, 6) is -6.04. The Bertz CT molecular complexity index is 1250. The quantitative estimate of drug-likeness (QED) is 0.566. The van der Waals surface area contributed by atoms with E-state index in [1.165, 1.54) is 12.3 Å². The minimum absolute atomic E-state index is 0.0808. The van der Waals surface area contributed by atoms with Gasteiger partial charge >= 0.3 is 6.03 Å². The molecule has 1 aliphatic carbocycles. The fraction of sp³-hybridized carbons (Fsp3) is 0.350. The summed E-state index contributed by atoms with van der Waals surface area (Å²) >= 11 is 0. The molecule has 0 radical (unpaired) electrons. The zero-order chi connectivity index (χ0) is 23.5. The number of amides is 2. The number of rotatable bonds is 4. The molecule has 1 saturated heterocycles. The predicted molar refractivity (Wildman–Crippen MR) is 104 cm³/mol. The Labute approximate surface area is 182 Å². The lowest BCUT2D eigenvalue weighted by Gasteiger charge is -2.25. The highest BCUT2D eigenvalue weighted by Gasteiger charge is 2.47. The van der Waals surface area contributed by atoms with Crippen LogP contribution >= 0.6 is 0 Å². The van der Waals surface area contributed by atoms with Crippen molar-refractivity contribution in [2.45, 2.75) is 37.0 Å². The maximum absolute atomic E-state index is 14.4. The topological polar surface area (TPSA) is 74.6 Å². The number of alkyl halides is 3. The number of hydrogen-bond donors (Lipinski definition) is 2. The lowest BCUT2D eigenvalue weighted by molar-refractivity contribution is 0.0221. The maximum Gasteiger partial charge on any atom is 0.319 e. The Morgan fingerprint density at radius 2 is 1.94 bits per heavy atom. The molecule has 2 N–H and O–H groups in total. The minimum atomic E-state index is -3.23. The van der Waals surface area contributed by atoms with Crippen LogP contribution < -0.4 is 15.5 Å². The molecule has 1 aliphatic heterocycles. The number of hydrogen-bond acceptors (Lipinski definition) is 4. The van der Waals surface area contributed by atoms with Gasteiger partial charge in [-0.2, -0.15) is 4.39 Å². The monoisotopic (exact) mass is 470 g/mol. The summed E-state index contributed by atoms with van der Waals surface area (Å²) in [6.45, 7) is -0.837. The van der Waals surface area contributed by atoms with Crippen molar-refractivity contribution in [3.8, 4) is 0 Å². The van der Waals surface area contributed by atoms with Gasteiger partial charge in [0.2, 0.25) is 0 Å². The molecule has 2 fully saturated rings. The summed E-state index contributed by atoms with van der Waals surface area (Å²) in [6.07, 6.45) is -0.578. The van der Waals surface area contributed by atoms with Crippen LogP contribution in [0.2, 0.25) is 0 Å². The number of carbonyl (C=O) groups excluding carboxylic acids is 1. The van der Waals surface area contributed by atoms with Gasteiger partial charge < -0.3 is 15.5 Å². The first-order valence-corrected chi connectivity index (χ1v) is 9.97. The highest BCUT2D eigenvalue weighted by atomic mass is 19.3. The molecule has 2 aromatic heterocycles. The van der Waals surface area contributed by atoms with Gasteiger partial charge in [0.05, 0.1) is 18.6 Å². The largest absolute Gasteiger partial charge is 0.343 e. The maximum atomic E-state index is 14.4. The smallest absolute Gasteiger partial charge is 0.319 e. The predicted octanol–water partition coefficient (Wildman–Crippen LogP) is 3.97. The first kappa shape index (κ1) is 21.3. The number of nitrogens with zero attached hydrogens (tertiary/aromatic N) is 4. The Morgan fingerprint density at radius 1 is 1.18 bits per heavy atom. The summed E-state index contributed by atoms with van der Waals surface area (Å²) in [4.78, 5) is 17.3. The van der Waals surface area contributed by atoms with Crippen LogP contribution in [0.5, 0.6) is 0 Å². The zero-order valence-electron chi connectivity index (χ0n) is 16.7. The fourth-order valence-corrected chi connectivity index (χ4v) is 3.90. The van der Waals surface area contributed by atoms with Crippen LogP contribution in [0.25, 0.3) is 5.65 Å². The van der Waals surface area contributed by atoms with Crippen LogP contribution in [0.1, 0.15) is 24.4 Å². The van der Waals surface area contributed by atoms with Crippen molar-refractivity contribution in [3.63, 3.8) is 0 Å². The normalized spacial score (nSPS) is 23.7. The van der Waals surface area contributed by atoms with E-state index in [1.54, 1.807) is 0 Å². The van der Waals surface area contributed by atoms with Gasteiger partial charge in [0.1, 0.15) is 29.3 Å². The van der Waals surface area contributed by atoms with Gasteiger partial charge in [-0.3, -0.25) is 0 Å². The molecular weight excluding hydrogens is 454 g/mol. The van der Waals surface area contributed by atoms with Gasteiger partial charge in [-0.05, 0) is 24.3 Å². The molecule has 5 rings (SSSR count). The van der Waals surface area contributed by atoms with E-state index in [0.717, 1.165) is 27.6 Å². The third kappa shape index (κ3) is 4.02. The summed E-state index contributed by atoms with van der Waals surface area (Å²) in [7, 11) is 0. The number of anilines is 2. The fourth-order valence-electron chi connectivity index (χ4n) is 3.90. The molecule has 174 valence electrons. The van der Waals surface area contributed by atoms with Crippen molar-refractivity contribution in [1.29, 1.82) is 0 Å². The number of urea groups is 1. The number of fused-ring (bicyclic) bond motifs is 1. The molecule has 1 aromatic carbocycles. The summed E-state index contributed by atoms with van der Waals surface area (Å²) < 4.78 is 85.0. The molecule has 7 nitrogen and oxygen atoms in total. The zero-order valence-corrected chi connectivity index (χ0v) is 16.7. The highest BCUT2D eigenvalue weighted by molar-refractivity contribution is 5.93. The van der Waals surface area contributed by atoms with Crippen molar-refractivity contribution in [2.75, 3.05) is 16.8 Å². The summed E-state index contributed by atoms with van der Waals surface area (Å²) in [5, 5.41) is 8.09. The summed E-state index contributed by atoms with van der Waals surface area (Å²) in [6, 6.07) is 1.05. The standard InChI is InChI=1S/C20H16F6N6O/c21-9-1-2-11(22)10(5-9)14-7-20(25,26)8-31(14)15-3-4-32-18(28-15)16(17(24)30-32)29-19(33)27-13-6-12(13)23/h1-5,12-14H,6-8H2,(H2,27,29,33)/t12-,13+,14?/m1/s1. The Morgan fingerprint density at radius 3 is 2.67 bits per heavy atom. The second-order valence-electron chi connectivity index (χ2n) is 8.05. The van der Waals surface area contributed by atoms with E-state index < -0.39 is 66.4 Å². The first-order valence-electron chi connectivity index (χ1n) is 9.97. The average Bonchev–Trinajstić information content (AvgIpc) is 3.20. The van der Waals surface area contributed by atoms with Crippen LogP contribution in [0.15, 0.2) is 30.5 Å². The molecule has 0 spiro atoms.